The second-order valence-electron chi connectivity index (χ2n) is 10.8. The normalized spacial score (nSPS) is 22.4. The van der Waals surface area contributed by atoms with Crippen molar-refractivity contribution < 1.29 is 19.1 Å². The van der Waals surface area contributed by atoms with Gasteiger partial charge in [0.2, 0.25) is 5.91 Å². The molecule has 1 saturated heterocycles. The molecule has 1 aromatic carbocycles. The predicted molar refractivity (Wildman–Crippen MR) is 136 cm³/mol. The number of aryl methyl sites for hydroxylation is 1. The van der Waals surface area contributed by atoms with Crippen LogP contribution in [0.2, 0.25) is 0 Å². The van der Waals surface area contributed by atoms with Crippen LogP contribution < -0.4 is 5.32 Å². The fraction of sp³-hybridized carbons (Fsp3) is 0.519. The van der Waals surface area contributed by atoms with E-state index in [1.165, 1.54) is 29.2 Å². The van der Waals surface area contributed by atoms with Crippen molar-refractivity contribution in [1.29, 1.82) is 0 Å². The van der Waals surface area contributed by atoms with Gasteiger partial charge < -0.3 is 15.3 Å². The zero-order valence-corrected chi connectivity index (χ0v) is 21.4. The summed E-state index contributed by atoms with van der Waals surface area (Å²) in [7, 11) is 0. The van der Waals surface area contributed by atoms with E-state index in [-0.39, 0.29) is 41.6 Å². The highest BCUT2D eigenvalue weighted by atomic mass is 19.1. The van der Waals surface area contributed by atoms with Crippen LogP contribution in [-0.4, -0.2) is 65.8 Å². The summed E-state index contributed by atoms with van der Waals surface area (Å²) < 4.78 is 15.2. The van der Waals surface area contributed by atoms with Gasteiger partial charge in [-0.15, -0.1) is 0 Å². The van der Waals surface area contributed by atoms with Crippen molar-refractivity contribution >= 4 is 22.7 Å². The molecule has 3 aromatic rings. The Morgan fingerprint density at radius 2 is 1.81 bits per heavy atom. The Morgan fingerprint density at radius 1 is 1.11 bits per heavy atom. The molecule has 2 aromatic heterocycles. The predicted octanol–water partition coefficient (Wildman–Crippen LogP) is 3.31. The summed E-state index contributed by atoms with van der Waals surface area (Å²) in [5.74, 6) is -0.338. The molecular weight excluding hydrogens is 475 g/mol. The molecule has 2 aliphatic rings. The van der Waals surface area contributed by atoms with Gasteiger partial charge in [-0.25, -0.2) is 14.4 Å². The summed E-state index contributed by atoms with van der Waals surface area (Å²) >= 11 is 0. The van der Waals surface area contributed by atoms with Gasteiger partial charge in [0, 0.05) is 42.4 Å². The lowest BCUT2D eigenvalue weighted by molar-refractivity contribution is -0.142. The van der Waals surface area contributed by atoms with Crippen molar-refractivity contribution in [2.75, 3.05) is 6.54 Å². The van der Waals surface area contributed by atoms with Gasteiger partial charge in [-0.1, -0.05) is 0 Å². The fourth-order valence-corrected chi connectivity index (χ4v) is 5.70. The van der Waals surface area contributed by atoms with Crippen LogP contribution in [0.3, 0.4) is 0 Å². The molecule has 2 N–H and O–H groups in total. The van der Waals surface area contributed by atoms with Crippen molar-refractivity contribution in [3.05, 3.63) is 47.7 Å². The summed E-state index contributed by atoms with van der Waals surface area (Å²) in [4.78, 5) is 36.4. The molecule has 196 valence electrons. The molecule has 5 rings (SSSR count). The van der Waals surface area contributed by atoms with E-state index in [4.69, 9.17) is 0 Å². The molecule has 10 heteroatoms. The minimum atomic E-state index is -0.908. The first-order chi connectivity index (χ1) is 17.6. The number of aromatic nitrogens is 4. The van der Waals surface area contributed by atoms with Crippen LogP contribution in [-0.2, 0) is 4.79 Å². The van der Waals surface area contributed by atoms with Crippen LogP contribution in [0, 0.1) is 18.7 Å². The van der Waals surface area contributed by atoms with Crippen molar-refractivity contribution in [1.82, 2.24) is 30.0 Å². The van der Waals surface area contributed by atoms with E-state index in [1.807, 2.05) is 11.8 Å². The number of fused-ring (bicyclic) bond motifs is 1. The monoisotopic (exact) mass is 508 g/mol. The van der Waals surface area contributed by atoms with E-state index in [2.05, 4.69) is 20.4 Å². The second kappa shape index (κ2) is 9.81. The maximum atomic E-state index is 13.8. The molecule has 0 unspecified atom stereocenters. The Labute approximate surface area is 215 Å². The van der Waals surface area contributed by atoms with Crippen LogP contribution in [0.25, 0.3) is 16.9 Å². The fourth-order valence-electron chi connectivity index (χ4n) is 5.70. The number of benzene rings is 1. The van der Waals surface area contributed by atoms with E-state index < -0.39 is 5.60 Å². The average Bonchev–Trinajstić information content (AvgIpc) is 3.49. The van der Waals surface area contributed by atoms with Crippen LogP contribution in [0.1, 0.15) is 68.4 Å². The lowest BCUT2D eigenvalue weighted by Gasteiger charge is -2.37. The summed E-state index contributed by atoms with van der Waals surface area (Å²) in [5.41, 5.74) is 0.708. The van der Waals surface area contributed by atoms with E-state index in [0.717, 1.165) is 23.9 Å². The van der Waals surface area contributed by atoms with Crippen LogP contribution in [0.4, 0.5) is 4.39 Å². The Morgan fingerprint density at radius 3 is 2.49 bits per heavy atom. The van der Waals surface area contributed by atoms with Crippen molar-refractivity contribution in [3.63, 3.8) is 0 Å². The molecule has 0 spiro atoms. The van der Waals surface area contributed by atoms with Crippen molar-refractivity contribution in [2.45, 2.75) is 77.0 Å². The van der Waals surface area contributed by atoms with Gasteiger partial charge in [0.05, 0.1) is 28.4 Å². The highest BCUT2D eigenvalue weighted by molar-refractivity contribution is 5.94. The minimum absolute atomic E-state index is 0.0273. The number of halogens is 1. The third-order valence-electron chi connectivity index (χ3n) is 7.68. The largest absolute Gasteiger partial charge is 0.388 e. The number of nitrogens with one attached hydrogen (secondary N) is 1. The maximum Gasteiger partial charge on any atom is 0.254 e. The zero-order valence-electron chi connectivity index (χ0n) is 21.4. The van der Waals surface area contributed by atoms with Gasteiger partial charge in [-0.2, -0.15) is 9.78 Å². The number of carbonyl (C=O) groups excluding carboxylic acids is 2. The lowest BCUT2D eigenvalue weighted by Crippen LogP contribution is -2.50. The van der Waals surface area contributed by atoms with Crippen LogP contribution in [0.5, 0.6) is 0 Å². The van der Waals surface area contributed by atoms with E-state index >= 15 is 0 Å². The van der Waals surface area contributed by atoms with Gasteiger partial charge in [0.25, 0.3) is 11.9 Å². The van der Waals surface area contributed by atoms with Crippen LogP contribution in [0.15, 0.2) is 30.6 Å². The topological polar surface area (TPSA) is 113 Å². The summed E-state index contributed by atoms with van der Waals surface area (Å²) in [6.07, 6.45) is 7.47. The quantitative estimate of drug-likeness (QED) is 0.547. The van der Waals surface area contributed by atoms with Gasteiger partial charge in [0.15, 0.2) is 0 Å². The van der Waals surface area contributed by atoms with Gasteiger partial charge >= 0.3 is 0 Å². The first-order valence-electron chi connectivity index (χ1n) is 12.9. The molecule has 0 bridgehead atoms. The summed E-state index contributed by atoms with van der Waals surface area (Å²) in [5, 5.41) is 18.7. The molecule has 1 atom stereocenters. The molecular formula is C27H33FN6O3. The van der Waals surface area contributed by atoms with Crippen LogP contribution >= 0.6 is 0 Å². The highest BCUT2D eigenvalue weighted by Crippen LogP contribution is 2.32. The lowest BCUT2D eigenvalue weighted by atomic mass is 9.84. The third-order valence-corrected chi connectivity index (χ3v) is 7.68. The Kier molecular flexibility index (Phi) is 6.70. The van der Waals surface area contributed by atoms with E-state index in [0.29, 0.717) is 43.3 Å². The first-order valence-corrected chi connectivity index (χ1v) is 12.9. The molecule has 1 aliphatic heterocycles. The third kappa shape index (κ3) is 5.07. The minimum Gasteiger partial charge on any atom is -0.388 e. The Bertz CT molecular complexity index is 1310. The molecule has 9 nitrogen and oxygen atoms in total. The Balaban J connectivity index is 1.19. The number of nitrogens with zero attached hydrogens (tertiary/aromatic N) is 5. The van der Waals surface area contributed by atoms with Gasteiger partial charge in [-0.05, 0) is 71.4 Å². The standard InChI is InChI=1S/C27H33FN6O3/c1-16-21-11-8-19(28)13-22(21)34(32-16)26-29-14-18(15-30-26)24(35)31-20-9-6-17(7-10-20)25(36)33-12-4-5-23(33)27(2,3)37/h8,11,13-15,17,20,23,37H,4-7,9-10,12H2,1-3H3,(H,31,35)/t17?,20?,23-/m0/s1. The average molecular weight is 509 g/mol. The summed E-state index contributed by atoms with van der Waals surface area (Å²) in [6.45, 7) is 6.06. The molecule has 2 amide bonds. The van der Waals surface area contributed by atoms with Gasteiger partial charge in [0.1, 0.15) is 5.82 Å². The molecule has 37 heavy (non-hydrogen) atoms. The molecule has 2 fully saturated rings. The number of amides is 2. The van der Waals surface area contributed by atoms with Crippen molar-refractivity contribution in [2.24, 2.45) is 5.92 Å². The highest BCUT2D eigenvalue weighted by Gasteiger charge is 2.41. The van der Waals surface area contributed by atoms with E-state index in [1.54, 1.807) is 19.9 Å². The van der Waals surface area contributed by atoms with Gasteiger partial charge in [-0.3, -0.25) is 9.59 Å². The summed E-state index contributed by atoms with van der Waals surface area (Å²) in [6, 6.07) is 4.28. The zero-order chi connectivity index (χ0) is 26.3. The molecule has 1 aliphatic carbocycles. The second-order valence-corrected chi connectivity index (χ2v) is 10.8. The Hall–Kier alpha value is -3.40. The number of rotatable bonds is 5. The SMILES string of the molecule is Cc1nn(-c2ncc(C(=O)NC3CCC(C(=O)N4CCC[C@H]4C(C)(C)O)CC3)cn2)c2cc(F)ccc12. The van der Waals surface area contributed by atoms with E-state index in [9.17, 15) is 19.1 Å². The smallest absolute Gasteiger partial charge is 0.254 e. The number of likely N-dealkylation sites (tertiary alicyclic amines) is 1. The maximum absolute atomic E-state index is 13.8. The number of hydrogen-bond donors (Lipinski definition) is 2. The number of carbonyl (C=O) groups is 2. The van der Waals surface area contributed by atoms with Crippen molar-refractivity contribution in [3.8, 4) is 5.95 Å². The molecule has 0 radical (unpaired) electrons. The first kappa shape index (κ1) is 25.3. The number of aliphatic hydroxyl groups is 1. The molecule has 3 heterocycles. The number of hydrogen-bond acceptors (Lipinski definition) is 6. The molecule has 1 saturated carbocycles.